The number of nitrogens with zero attached hydrogens (tertiary/aromatic N) is 1. The van der Waals surface area contributed by atoms with Gasteiger partial charge in [-0.1, -0.05) is 0 Å². The molecule has 6 nitrogen and oxygen atoms in total. The summed E-state index contributed by atoms with van der Waals surface area (Å²) in [5.74, 6) is -0.631. The highest BCUT2D eigenvalue weighted by molar-refractivity contribution is 7.90. The Balaban J connectivity index is 2.92. The third kappa shape index (κ3) is 3.18. The predicted molar refractivity (Wildman–Crippen MR) is 63.1 cm³/mol. The highest BCUT2D eigenvalue weighted by Crippen LogP contribution is 2.14. The molecule has 1 aliphatic rings. The molecule has 0 saturated carbocycles. The maximum atomic E-state index is 11.9. The van der Waals surface area contributed by atoms with E-state index in [-0.39, 0.29) is 17.6 Å². The minimum atomic E-state index is -3.18. The lowest BCUT2D eigenvalue weighted by molar-refractivity contribution is -0.149. The van der Waals surface area contributed by atoms with Gasteiger partial charge in [-0.2, -0.15) is 0 Å². The van der Waals surface area contributed by atoms with Crippen molar-refractivity contribution in [3.05, 3.63) is 0 Å². The summed E-state index contributed by atoms with van der Waals surface area (Å²) < 4.78 is 22.4. The van der Waals surface area contributed by atoms with Crippen LogP contribution in [0.15, 0.2) is 0 Å². The normalized spacial score (nSPS) is 27.9. The van der Waals surface area contributed by atoms with Crippen molar-refractivity contribution in [2.24, 2.45) is 0 Å². The molecule has 0 spiro atoms. The molecule has 7 heteroatoms. The highest BCUT2D eigenvalue weighted by atomic mass is 32.2. The Bertz CT molecular complexity index is 432. The Morgan fingerprint density at radius 3 is 2.35 bits per heavy atom. The van der Waals surface area contributed by atoms with Crippen molar-refractivity contribution in [2.45, 2.75) is 38.9 Å². The van der Waals surface area contributed by atoms with Crippen molar-refractivity contribution in [1.29, 1.82) is 0 Å². The molecule has 1 heterocycles. The quantitative estimate of drug-likeness (QED) is 0.718. The summed E-state index contributed by atoms with van der Waals surface area (Å²) in [6.45, 7) is 4.82. The van der Waals surface area contributed by atoms with E-state index in [1.165, 1.54) is 4.90 Å². The van der Waals surface area contributed by atoms with Gasteiger partial charge in [0.2, 0.25) is 11.8 Å². The second-order valence-corrected chi connectivity index (χ2v) is 6.78. The molecule has 3 atom stereocenters. The van der Waals surface area contributed by atoms with Gasteiger partial charge >= 0.3 is 0 Å². The van der Waals surface area contributed by atoms with Gasteiger partial charge in [0.1, 0.15) is 21.9 Å². The Kier molecular flexibility index (Phi) is 3.81. The fourth-order valence-electron chi connectivity index (χ4n) is 2.05. The average Bonchev–Trinajstić information content (AvgIpc) is 2.12. The van der Waals surface area contributed by atoms with E-state index in [1.54, 1.807) is 20.8 Å². The Morgan fingerprint density at radius 2 is 1.88 bits per heavy atom. The summed E-state index contributed by atoms with van der Waals surface area (Å²) in [5.41, 5.74) is 0. The molecular formula is C10H18N2O4S. The van der Waals surface area contributed by atoms with Crippen LogP contribution in [0.25, 0.3) is 0 Å². The summed E-state index contributed by atoms with van der Waals surface area (Å²) in [7, 11) is -3.18. The van der Waals surface area contributed by atoms with Crippen molar-refractivity contribution in [3.63, 3.8) is 0 Å². The molecule has 0 aliphatic carbocycles. The minimum Gasteiger partial charge on any atom is -0.343 e. The molecule has 98 valence electrons. The zero-order valence-corrected chi connectivity index (χ0v) is 11.2. The van der Waals surface area contributed by atoms with E-state index in [1.807, 2.05) is 0 Å². The summed E-state index contributed by atoms with van der Waals surface area (Å²) in [4.78, 5) is 24.9. The first-order valence-corrected chi connectivity index (χ1v) is 7.50. The van der Waals surface area contributed by atoms with Crippen LogP contribution in [0.3, 0.4) is 0 Å². The van der Waals surface area contributed by atoms with Gasteiger partial charge < -0.3 is 10.2 Å². The summed E-state index contributed by atoms with van der Waals surface area (Å²) >= 11 is 0. The van der Waals surface area contributed by atoms with Crippen molar-refractivity contribution in [3.8, 4) is 0 Å². The fourth-order valence-corrected chi connectivity index (χ4v) is 3.09. The average molecular weight is 262 g/mol. The molecule has 0 aromatic heterocycles. The van der Waals surface area contributed by atoms with Gasteiger partial charge in [0.25, 0.3) is 0 Å². The van der Waals surface area contributed by atoms with Crippen LogP contribution in [0.1, 0.15) is 20.8 Å². The largest absolute Gasteiger partial charge is 0.343 e. The summed E-state index contributed by atoms with van der Waals surface area (Å²) in [5, 5.41) is 2.55. The first-order chi connectivity index (χ1) is 7.63. The lowest BCUT2D eigenvalue weighted by Crippen LogP contribution is -2.64. The van der Waals surface area contributed by atoms with E-state index < -0.39 is 28.0 Å². The Labute approximate surface area is 101 Å². The number of hydrogen-bond donors (Lipinski definition) is 1. The van der Waals surface area contributed by atoms with Gasteiger partial charge in [-0.3, -0.25) is 9.59 Å². The van der Waals surface area contributed by atoms with Crippen molar-refractivity contribution < 1.29 is 18.0 Å². The lowest BCUT2D eigenvalue weighted by Gasteiger charge is -2.39. The van der Waals surface area contributed by atoms with Crippen LogP contribution < -0.4 is 5.32 Å². The third-order valence-corrected chi connectivity index (χ3v) is 3.89. The molecule has 0 bridgehead atoms. The smallest absolute Gasteiger partial charge is 0.245 e. The highest BCUT2D eigenvalue weighted by Gasteiger charge is 2.38. The van der Waals surface area contributed by atoms with Gasteiger partial charge in [-0.05, 0) is 20.8 Å². The first kappa shape index (κ1) is 14.0. The number of hydrogen-bond acceptors (Lipinski definition) is 4. The molecule has 1 fully saturated rings. The van der Waals surface area contributed by atoms with Gasteiger partial charge in [0.05, 0.1) is 5.75 Å². The zero-order chi connectivity index (χ0) is 13.4. The number of carbonyl (C=O) groups excluding carboxylic acids is 2. The number of sulfone groups is 1. The van der Waals surface area contributed by atoms with Crippen LogP contribution in [0.2, 0.25) is 0 Å². The number of nitrogens with one attached hydrogen (secondary N) is 1. The number of amides is 2. The topological polar surface area (TPSA) is 83.6 Å². The maximum Gasteiger partial charge on any atom is 0.245 e. The van der Waals surface area contributed by atoms with Crippen molar-refractivity contribution in [1.82, 2.24) is 10.2 Å². The van der Waals surface area contributed by atoms with E-state index in [2.05, 4.69) is 5.32 Å². The van der Waals surface area contributed by atoms with Gasteiger partial charge in [0, 0.05) is 12.3 Å². The number of rotatable bonds is 3. The molecule has 17 heavy (non-hydrogen) atoms. The molecule has 1 aliphatic heterocycles. The molecule has 2 amide bonds. The van der Waals surface area contributed by atoms with E-state index in [4.69, 9.17) is 0 Å². The van der Waals surface area contributed by atoms with Crippen LogP contribution in [0, 0.1) is 0 Å². The van der Waals surface area contributed by atoms with Gasteiger partial charge in [-0.15, -0.1) is 0 Å². The van der Waals surface area contributed by atoms with Crippen LogP contribution in [-0.4, -0.2) is 55.3 Å². The Morgan fingerprint density at radius 1 is 1.35 bits per heavy atom. The summed E-state index contributed by atoms with van der Waals surface area (Å²) in [6.07, 6.45) is 1.12. The monoisotopic (exact) mass is 262 g/mol. The molecule has 0 aromatic rings. The molecule has 0 aromatic carbocycles. The zero-order valence-electron chi connectivity index (χ0n) is 10.4. The minimum absolute atomic E-state index is 0.136. The number of piperazine rings is 1. The van der Waals surface area contributed by atoms with E-state index in [9.17, 15) is 18.0 Å². The second kappa shape index (κ2) is 4.64. The second-order valence-electron chi connectivity index (χ2n) is 4.59. The molecule has 0 radical (unpaired) electrons. The molecule has 1 N–H and O–H groups in total. The fraction of sp³-hybridized carbons (Fsp3) is 0.800. The molecule has 1 rings (SSSR count). The summed E-state index contributed by atoms with van der Waals surface area (Å²) in [6, 6.07) is -1.72. The lowest BCUT2D eigenvalue weighted by atomic mass is 10.1. The standard InChI is InChI=1S/C10H18N2O4S/c1-6(5-17(4,15)16)12-8(3)9(13)11-7(2)10(12)14/h6-8H,5H2,1-4H3,(H,11,13). The van der Waals surface area contributed by atoms with E-state index in [0.717, 1.165) is 6.26 Å². The maximum absolute atomic E-state index is 11.9. The first-order valence-electron chi connectivity index (χ1n) is 5.43. The van der Waals surface area contributed by atoms with Gasteiger partial charge in [-0.25, -0.2) is 8.42 Å². The molecule has 3 unspecified atom stereocenters. The van der Waals surface area contributed by atoms with Crippen LogP contribution in [0.4, 0.5) is 0 Å². The SMILES string of the molecule is CC1NC(=O)C(C)N(C(C)CS(C)(=O)=O)C1=O. The Hall–Kier alpha value is -1.11. The van der Waals surface area contributed by atoms with Gasteiger partial charge in [0.15, 0.2) is 0 Å². The van der Waals surface area contributed by atoms with Crippen LogP contribution in [-0.2, 0) is 19.4 Å². The molecule has 1 saturated heterocycles. The van der Waals surface area contributed by atoms with Crippen molar-refractivity contribution >= 4 is 21.7 Å². The van der Waals surface area contributed by atoms with Crippen LogP contribution in [0.5, 0.6) is 0 Å². The predicted octanol–water partition coefficient (Wildman–Crippen LogP) is -0.845. The van der Waals surface area contributed by atoms with E-state index >= 15 is 0 Å². The third-order valence-electron chi connectivity index (χ3n) is 2.80. The van der Waals surface area contributed by atoms with Crippen molar-refractivity contribution in [2.75, 3.05) is 12.0 Å². The van der Waals surface area contributed by atoms with E-state index in [0.29, 0.717) is 0 Å². The molecular weight excluding hydrogens is 244 g/mol. The van der Waals surface area contributed by atoms with Crippen LogP contribution >= 0.6 is 0 Å². The number of carbonyl (C=O) groups is 2.